The SMILES string of the molecule is Cc1c(Cl)cc(S(=O)(=O)NC2CCCC2Br)cc1[N+](=O)[O-]. The van der Waals surface area contributed by atoms with Gasteiger partial charge in [-0.2, -0.15) is 0 Å². The summed E-state index contributed by atoms with van der Waals surface area (Å²) >= 11 is 9.34. The number of nitrogens with zero attached hydrogens (tertiary/aromatic N) is 1. The van der Waals surface area contributed by atoms with E-state index < -0.39 is 14.9 Å². The average molecular weight is 398 g/mol. The van der Waals surface area contributed by atoms with Crippen LogP contribution in [-0.4, -0.2) is 24.2 Å². The van der Waals surface area contributed by atoms with E-state index in [9.17, 15) is 18.5 Å². The van der Waals surface area contributed by atoms with Gasteiger partial charge in [0.05, 0.1) is 14.8 Å². The highest BCUT2D eigenvalue weighted by Crippen LogP contribution is 2.31. The van der Waals surface area contributed by atoms with Crippen molar-refractivity contribution in [2.75, 3.05) is 0 Å². The Labute approximate surface area is 136 Å². The number of rotatable bonds is 4. The van der Waals surface area contributed by atoms with Crippen LogP contribution >= 0.6 is 27.5 Å². The Morgan fingerprint density at radius 3 is 2.62 bits per heavy atom. The molecule has 0 saturated heterocycles. The smallest absolute Gasteiger partial charge is 0.258 e. The molecule has 0 heterocycles. The molecule has 0 amide bonds. The fraction of sp³-hybridized carbons (Fsp3) is 0.500. The molecule has 0 spiro atoms. The molecule has 1 aromatic rings. The summed E-state index contributed by atoms with van der Waals surface area (Å²) in [5.74, 6) is 0. The topological polar surface area (TPSA) is 89.3 Å². The van der Waals surface area contributed by atoms with Gasteiger partial charge in [-0.3, -0.25) is 10.1 Å². The third-order valence-corrected chi connectivity index (χ3v) is 6.49. The zero-order valence-electron chi connectivity index (χ0n) is 11.2. The lowest BCUT2D eigenvalue weighted by Gasteiger charge is -2.16. The number of nitrogens with one attached hydrogen (secondary N) is 1. The molecule has 1 aliphatic rings. The van der Waals surface area contributed by atoms with E-state index in [1.54, 1.807) is 0 Å². The highest BCUT2D eigenvalue weighted by molar-refractivity contribution is 9.09. The van der Waals surface area contributed by atoms with Crippen molar-refractivity contribution >= 4 is 43.2 Å². The monoisotopic (exact) mass is 396 g/mol. The first-order valence-electron chi connectivity index (χ1n) is 6.33. The second kappa shape index (κ2) is 6.20. The van der Waals surface area contributed by atoms with Gasteiger partial charge in [0.25, 0.3) is 5.69 Å². The fourth-order valence-electron chi connectivity index (χ4n) is 2.30. The Bertz CT molecular complexity index is 680. The van der Waals surface area contributed by atoms with Crippen molar-refractivity contribution in [1.82, 2.24) is 4.72 Å². The molecule has 2 unspecified atom stereocenters. The summed E-state index contributed by atoms with van der Waals surface area (Å²) < 4.78 is 27.3. The molecule has 9 heteroatoms. The van der Waals surface area contributed by atoms with Gasteiger partial charge in [-0.25, -0.2) is 13.1 Å². The van der Waals surface area contributed by atoms with Crippen LogP contribution in [0.2, 0.25) is 5.02 Å². The Morgan fingerprint density at radius 1 is 1.43 bits per heavy atom. The molecule has 1 fully saturated rings. The first-order chi connectivity index (χ1) is 9.72. The normalized spacial score (nSPS) is 22.4. The molecular formula is C12H14BrClN2O4S. The molecule has 2 rings (SSSR count). The van der Waals surface area contributed by atoms with Crippen LogP contribution in [0.3, 0.4) is 0 Å². The predicted molar refractivity (Wildman–Crippen MR) is 83.5 cm³/mol. The molecule has 2 atom stereocenters. The van der Waals surface area contributed by atoms with E-state index in [2.05, 4.69) is 20.7 Å². The number of nitro groups is 1. The Balaban J connectivity index is 2.38. The average Bonchev–Trinajstić information content (AvgIpc) is 2.77. The molecule has 1 aromatic carbocycles. The summed E-state index contributed by atoms with van der Waals surface area (Å²) in [6.07, 6.45) is 2.55. The van der Waals surface area contributed by atoms with Gasteiger partial charge in [0.2, 0.25) is 10.0 Å². The van der Waals surface area contributed by atoms with Crippen molar-refractivity contribution in [2.24, 2.45) is 0 Å². The molecule has 6 nitrogen and oxygen atoms in total. The van der Waals surface area contributed by atoms with E-state index in [0.29, 0.717) is 0 Å². The lowest BCUT2D eigenvalue weighted by molar-refractivity contribution is -0.385. The summed E-state index contributed by atoms with van der Waals surface area (Å²) in [5, 5.41) is 11.0. The quantitative estimate of drug-likeness (QED) is 0.480. The number of hydrogen-bond acceptors (Lipinski definition) is 4. The highest BCUT2D eigenvalue weighted by Gasteiger charge is 2.31. The zero-order valence-corrected chi connectivity index (χ0v) is 14.3. The third kappa shape index (κ3) is 3.56. The largest absolute Gasteiger partial charge is 0.275 e. The van der Waals surface area contributed by atoms with E-state index in [1.807, 2.05) is 0 Å². The number of halogens is 2. The van der Waals surface area contributed by atoms with Gasteiger partial charge in [0.15, 0.2) is 0 Å². The number of nitro benzene ring substituents is 1. The summed E-state index contributed by atoms with van der Waals surface area (Å²) in [6, 6.07) is 2.07. The van der Waals surface area contributed by atoms with Gasteiger partial charge in [-0.1, -0.05) is 34.0 Å². The molecule has 116 valence electrons. The van der Waals surface area contributed by atoms with Crippen molar-refractivity contribution in [3.63, 3.8) is 0 Å². The minimum Gasteiger partial charge on any atom is -0.258 e. The number of sulfonamides is 1. The van der Waals surface area contributed by atoms with Crippen LogP contribution in [0.15, 0.2) is 17.0 Å². The van der Waals surface area contributed by atoms with Crippen LogP contribution in [0.1, 0.15) is 24.8 Å². The maximum absolute atomic E-state index is 12.4. The van der Waals surface area contributed by atoms with Crippen LogP contribution in [-0.2, 0) is 10.0 Å². The highest BCUT2D eigenvalue weighted by atomic mass is 79.9. The van der Waals surface area contributed by atoms with Gasteiger partial charge >= 0.3 is 0 Å². The minimum atomic E-state index is -3.84. The third-order valence-electron chi connectivity index (χ3n) is 3.54. The molecule has 0 aromatic heterocycles. The van der Waals surface area contributed by atoms with Crippen molar-refractivity contribution in [2.45, 2.75) is 42.0 Å². The predicted octanol–water partition coefficient (Wildman–Crippen LogP) is 3.15. The minimum absolute atomic E-state index is 0.0615. The summed E-state index contributed by atoms with van der Waals surface area (Å²) in [6.45, 7) is 1.48. The molecule has 0 radical (unpaired) electrons. The Hall–Kier alpha value is -0.700. The van der Waals surface area contributed by atoms with E-state index in [0.717, 1.165) is 25.3 Å². The van der Waals surface area contributed by atoms with Crippen molar-refractivity contribution < 1.29 is 13.3 Å². The zero-order chi connectivity index (χ0) is 15.8. The summed E-state index contributed by atoms with van der Waals surface area (Å²) in [7, 11) is -3.84. The molecule has 1 aliphatic carbocycles. The van der Waals surface area contributed by atoms with Crippen molar-refractivity contribution in [3.05, 3.63) is 32.8 Å². The molecule has 0 bridgehead atoms. The maximum atomic E-state index is 12.4. The van der Waals surface area contributed by atoms with Gasteiger partial charge in [-0.15, -0.1) is 0 Å². The van der Waals surface area contributed by atoms with Crippen molar-refractivity contribution in [3.8, 4) is 0 Å². The second-order valence-electron chi connectivity index (χ2n) is 4.98. The summed E-state index contributed by atoms with van der Waals surface area (Å²) in [5.41, 5.74) is -0.0514. The Kier molecular flexibility index (Phi) is 4.92. The Morgan fingerprint density at radius 2 is 2.10 bits per heavy atom. The van der Waals surface area contributed by atoms with E-state index in [4.69, 9.17) is 11.6 Å². The first kappa shape index (κ1) is 16.7. The first-order valence-corrected chi connectivity index (χ1v) is 9.11. The van der Waals surface area contributed by atoms with Gasteiger partial charge in [-0.05, 0) is 25.8 Å². The van der Waals surface area contributed by atoms with Gasteiger partial charge in [0.1, 0.15) is 0 Å². The number of hydrogen-bond donors (Lipinski definition) is 1. The van der Waals surface area contributed by atoms with Crippen molar-refractivity contribution in [1.29, 1.82) is 0 Å². The maximum Gasteiger partial charge on any atom is 0.275 e. The van der Waals surface area contributed by atoms with Crippen LogP contribution in [0.25, 0.3) is 0 Å². The van der Waals surface area contributed by atoms with Crippen LogP contribution in [0.5, 0.6) is 0 Å². The fourth-order valence-corrected chi connectivity index (χ4v) is 4.83. The number of benzene rings is 1. The number of alkyl halides is 1. The summed E-state index contributed by atoms with van der Waals surface area (Å²) in [4.78, 5) is 10.2. The molecule has 21 heavy (non-hydrogen) atoms. The standard InChI is InChI=1S/C12H14BrClN2O4S/c1-7-10(14)5-8(6-12(7)16(17)18)21(19,20)15-11-4-2-3-9(11)13/h5-6,9,11,15H,2-4H2,1H3. The molecule has 1 N–H and O–H groups in total. The van der Waals surface area contributed by atoms with Gasteiger partial charge < -0.3 is 0 Å². The van der Waals surface area contributed by atoms with Crippen LogP contribution in [0.4, 0.5) is 5.69 Å². The molecule has 0 aliphatic heterocycles. The molecule has 1 saturated carbocycles. The van der Waals surface area contributed by atoms with E-state index in [1.165, 1.54) is 13.0 Å². The van der Waals surface area contributed by atoms with Gasteiger partial charge in [0, 0.05) is 22.5 Å². The second-order valence-corrected chi connectivity index (χ2v) is 8.28. The lowest BCUT2D eigenvalue weighted by Crippen LogP contribution is -2.37. The van der Waals surface area contributed by atoms with Crippen LogP contribution < -0.4 is 4.72 Å². The van der Waals surface area contributed by atoms with Crippen LogP contribution in [0, 0.1) is 17.0 Å². The molecular weight excluding hydrogens is 384 g/mol. The lowest BCUT2D eigenvalue weighted by atomic mass is 10.2. The van der Waals surface area contributed by atoms with E-state index in [-0.39, 0.29) is 32.0 Å². The van der Waals surface area contributed by atoms with E-state index >= 15 is 0 Å².